The second-order valence-electron chi connectivity index (χ2n) is 4.40. The fourth-order valence-electron chi connectivity index (χ4n) is 2.06. The molecule has 0 saturated carbocycles. The van der Waals surface area contributed by atoms with Crippen molar-refractivity contribution in [2.24, 2.45) is 0 Å². The summed E-state index contributed by atoms with van der Waals surface area (Å²) in [5, 5.41) is 1.23. The standard InChI is InChI=1S/C15H17NO/c1-12(17)6-2-3-7-13-10-11-16-15-9-5-4-8-14(13)15/h4-5,8-11H,2-3,6-7H2,1H3. The molecule has 0 radical (unpaired) electrons. The minimum Gasteiger partial charge on any atom is -0.300 e. The van der Waals surface area contributed by atoms with Gasteiger partial charge in [-0.2, -0.15) is 0 Å². The second kappa shape index (κ2) is 5.58. The van der Waals surface area contributed by atoms with Crippen LogP contribution in [0.15, 0.2) is 36.5 Å². The van der Waals surface area contributed by atoms with Crippen LogP contribution < -0.4 is 0 Å². The highest BCUT2D eigenvalue weighted by Gasteiger charge is 2.01. The fourth-order valence-corrected chi connectivity index (χ4v) is 2.06. The minimum absolute atomic E-state index is 0.282. The van der Waals surface area contributed by atoms with Gasteiger partial charge in [0, 0.05) is 18.0 Å². The van der Waals surface area contributed by atoms with Crippen molar-refractivity contribution in [3.05, 3.63) is 42.1 Å². The maximum atomic E-state index is 10.9. The van der Waals surface area contributed by atoms with Gasteiger partial charge in [0.25, 0.3) is 0 Å². The number of hydrogen-bond acceptors (Lipinski definition) is 2. The Kier molecular flexibility index (Phi) is 3.86. The smallest absolute Gasteiger partial charge is 0.129 e. The zero-order chi connectivity index (χ0) is 12.1. The molecule has 1 aromatic heterocycles. The van der Waals surface area contributed by atoms with Crippen LogP contribution in [0.5, 0.6) is 0 Å². The average molecular weight is 227 g/mol. The van der Waals surface area contributed by atoms with E-state index in [1.807, 2.05) is 24.4 Å². The van der Waals surface area contributed by atoms with Gasteiger partial charge in [-0.3, -0.25) is 4.98 Å². The van der Waals surface area contributed by atoms with Crippen molar-refractivity contribution in [3.63, 3.8) is 0 Å². The van der Waals surface area contributed by atoms with E-state index < -0.39 is 0 Å². The number of nitrogens with zero attached hydrogens (tertiary/aromatic N) is 1. The Hall–Kier alpha value is -1.70. The topological polar surface area (TPSA) is 30.0 Å². The zero-order valence-corrected chi connectivity index (χ0v) is 10.1. The maximum Gasteiger partial charge on any atom is 0.129 e. The van der Waals surface area contributed by atoms with Gasteiger partial charge in [-0.1, -0.05) is 18.2 Å². The van der Waals surface area contributed by atoms with Crippen LogP contribution >= 0.6 is 0 Å². The molecule has 2 nitrogen and oxygen atoms in total. The van der Waals surface area contributed by atoms with Crippen LogP contribution in [0, 0.1) is 0 Å². The number of carbonyl (C=O) groups is 1. The van der Waals surface area contributed by atoms with Crippen LogP contribution in [-0.2, 0) is 11.2 Å². The zero-order valence-electron chi connectivity index (χ0n) is 10.1. The summed E-state index contributed by atoms with van der Waals surface area (Å²) in [5.74, 6) is 0.282. The monoisotopic (exact) mass is 227 g/mol. The maximum absolute atomic E-state index is 10.9. The first-order valence-corrected chi connectivity index (χ1v) is 6.09. The number of unbranched alkanes of at least 4 members (excludes halogenated alkanes) is 1. The molecule has 0 aliphatic heterocycles. The third-order valence-corrected chi connectivity index (χ3v) is 2.96. The number of fused-ring (bicyclic) bond motifs is 1. The molecule has 88 valence electrons. The van der Waals surface area contributed by atoms with Crippen molar-refractivity contribution in [1.29, 1.82) is 0 Å². The van der Waals surface area contributed by atoms with Gasteiger partial charge in [0.1, 0.15) is 5.78 Å². The molecule has 2 rings (SSSR count). The molecule has 0 aliphatic rings. The Morgan fingerprint density at radius 2 is 2.00 bits per heavy atom. The number of pyridine rings is 1. The Bertz CT molecular complexity index is 514. The molecular formula is C15H17NO. The third-order valence-electron chi connectivity index (χ3n) is 2.96. The van der Waals surface area contributed by atoms with Crippen LogP contribution in [0.1, 0.15) is 31.7 Å². The van der Waals surface area contributed by atoms with E-state index in [4.69, 9.17) is 0 Å². The van der Waals surface area contributed by atoms with Crippen LogP contribution in [0.2, 0.25) is 0 Å². The summed E-state index contributed by atoms with van der Waals surface area (Å²) in [6.07, 6.45) is 5.63. The summed E-state index contributed by atoms with van der Waals surface area (Å²) in [6.45, 7) is 1.65. The molecule has 0 aliphatic carbocycles. The quantitative estimate of drug-likeness (QED) is 0.731. The molecule has 1 heterocycles. The first-order valence-electron chi connectivity index (χ1n) is 6.09. The van der Waals surface area contributed by atoms with Crippen LogP contribution in [0.4, 0.5) is 0 Å². The molecular weight excluding hydrogens is 210 g/mol. The highest BCUT2D eigenvalue weighted by molar-refractivity contribution is 5.81. The van der Waals surface area contributed by atoms with Gasteiger partial charge in [0.15, 0.2) is 0 Å². The Morgan fingerprint density at radius 1 is 1.18 bits per heavy atom. The highest BCUT2D eigenvalue weighted by atomic mass is 16.1. The van der Waals surface area contributed by atoms with Crippen molar-refractivity contribution < 1.29 is 4.79 Å². The van der Waals surface area contributed by atoms with E-state index in [1.54, 1.807) is 6.92 Å². The van der Waals surface area contributed by atoms with E-state index in [9.17, 15) is 4.79 Å². The number of benzene rings is 1. The number of ketones is 1. The highest BCUT2D eigenvalue weighted by Crippen LogP contribution is 2.18. The molecule has 0 bridgehead atoms. The second-order valence-corrected chi connectivity index (χ2v) is 4.40. The summed E-state index contributed by atoms with van der Waals surface area (Å²) < 4.78 is 0. The van der Waals surface area contributed by atoms with Crippen LogP contribution in [0.3, 0.4) is 0 Å². The first kappa shape index (κ1) is 11.8. The summed E-state index contributed by atoms with van der Waals surface area (Å²) in [5.41, 5.74) is 2.38. The van der Waals surface area contributed by atoms with E-state index in [2.05, 4.69) is 17.1 Å². The number of carbonyl (C=O) groups excluding carboxylic acids is 1. The summed E-state index contributed by atoms with van der Waals surface area (Å²) in [4.78, 5) is 15.2. The van der Waals surface area contributed by atoms with Gasteiger partial charge in [-0.05, 0) is 43.9 Å². The van der Waals surface area contributed by atoms with Gasteiger partial charge < -0.3 is 4.79 Å². The Balaban J connectivity index is 2.05. The molecule has 0 saturated heterocycles. The number of aromatic nitrogens is 1. The lowest BCUT2D eigenvalue weighted by atomic mass is 10.0. The lowest BCUT2D eigenvalue weighted by Gasteiger charge is -2.05. The summed E-state index contributed by atoms with van der Waals surface area (Å²) >= 11 is 0. The average Bonchev–Trinajstić information content (AvgIpc) is 2.34. The Morgan fingerprint density at radius 3 is 2.82 bits per heavy atom. The largest absolute Gasteiger partial charge is 0.300 e. The van der Waals surface area contributed by atoms with Crippen molar-refractivity contribution in [3.8, 4) is 0 Å². The number of para-hydroxylation sites is 1. The molecule has 2 aromatic rings. The Labute approximate surface area is 102 Å². The predicted octanol–water partition coefficient (Wildman–Crippen LogP) is 3.54. The molecule has 0 atom stereocenters. The molecule has 0 spiro atoms. The van der Waals surface area contributed by atoms with Crippen LogP contribution in [-0.4, -0.2) is 10.8 Å². The molecule has 0 fully saturated rings. The van der Waals surface area contributed by atoms with Crippen molar-refractivity contribution in [2.75, 3.05) is 0 Å². The predicted molar refractivity (Wildman–Crippen MR) is 70.0 cm³/mol. The summed E-state index contributed by atoms with van der Waals surface area (Å²) in [6, 6.07) is 10.3. The van der Waals surface area contributed by atoms with E-state index in [0.29, 0.717) is 6.42 Å². The molecule has 0 N–H and O–H groups in total. The van der Waals surface area contributed by atoms with E-state index >= 15 is 0 Å². The van der Waals surface area contributed by atoms with Crippen LogP contribution in [0.25, 0.3) is 10.9 Å². The number of Topliss-reactive ketones (excluding diaryl/α,β-unsaturated/α-hetero) is 1. The number of aryl methyl sites for hydroxylation is 1. The third kappa shape index (κ3) is 3.13. The van der Waals surface area contributed by atoms with E-state index in [1.165, 1.54) is 10.9 Å². The van der Waals surface area contributed by atoms with Crippen molar-refractivity contribution in [2.45, 2.75) is 32.6 Å². The molecule has 0 unspecified atom stereocenters. The van der Waals surface area contributed by atoms with Gasteiger partial charge in [-0.25, -0.2) is 0 Å². The molecule has 17 heavy (non-hydrogen) atoms. The summed E-state index contributed by atoms with van der Waals surface area (Å²) in [7, 11) is 0. The molecule has 1 aromatic carbocycles. The van der Waals surface area contributed by atoms with Gasteiger partial charge in [-0.15, -0.1) is 0 Å². The fraction of sp³-hybridized carbons (Fsp3) is 0.333. The normalized spacial score (nSPS) is 10.6. The SMILES string of the molecule is CC(=O)CCCCc1ccnc2ccccc12. The minimum atomic E-state index is 0.282. The molecule has 0 amide bonds. The van der Waals surface area contributed by atoms with Gasteiger partial charge in [0.05, 0.1) is 5.52 Å². The van der Waals surface area contributed by atoms with Crippen molar-refractivity contribution >= 4 is 16.7 Å². The lowest BCUT2D eigenvalue weighted by Crippen LogP contribution is -1.93. The van der Waals surface area contributed by atoms with E-state index in [-0.39, 0.29) is 5.78 Å². The first-order chi connectivity index (χ1) is 8.27. The van der Waals surface area contributed by atoms with Crippen molar-refractivity contribution in [1.82, 2.24) is 4.98 Å². The van der Waals surface area contributed by atoms with Gasteiger partial charge in [0.2, 0.25) is 0 Å². The van der Waals surface area contributed by atoms with E-state index in [0.717, 1.165) is 24.8 Å². The number of hydrogen-bond donors (Lipinski definition) is 0. The van der Waals surface area contributed by atoms with Gasteiger partial charge >= 0.3 is 0 Å². The number of rotatable bonds is 5. The molecule has 2 heteroatoms. The lowest BCUT2D eigenvalue weighted by molar-refractivity contribution is -0.117.